The summed E-state index contributed by atoms with van der Waals surface area (Å²) in [5.41, 5.74) is 2.31. The van der Waals surface area contributed by atoms with Gasteiger partial charge in [0, 0.05) is 6.54 Å². The van der Waals surface area contributed by atoms with Gasteiger partial charge in [0.2, 0.25) is 11.8 Å². The van der Waals surface area contributed by atoms with Crippen molar-refractivity contribution in [3.63, 3.8) is 0 Å². The molecule has 0 aliphatic carbocycles. The average molecular weight is 232 g/mol. The first-order valence-corrected chi connectivity index (χ1v) is 5.75. The van der Waals surface area contributed by atoms with Crippen molar-refractivity contribution >= 4 is 11.8 Å². The second-order valence-corrected chi connectivity index (χ2v) is 4.41. The van der Waals surface area contributed by atoms with E-state index in [4.69, 9.17) is 0 Å². The Kier molecular flexibility index (Phi) is 3.42. The summed E-state index contributed by atoms with van der Waals surface area (Å²) >= 11 is 0. The van der Waals surface area contributed by atoms with Crippen molar-refractivity contribution in [1.29, 1.82) is 0 Å². The molecule has 1 aromatic carbocycles. The second kappa shape index (κ2) is 4.99. The maximum Gasteiger partial charge on any atom is 0.239 e. The van der Waals surface area contributed by atoms with Gasteiger partial charge in [-0.15, -0.1) is 0 Å². The van der Waals surface area contributed by atoms with Crippen molar-refractivity contribution in [3.05, 3.63) is 35.4 Å². The molecule has 4 heteroatoms. The zero-order chi connectivity index (χ0) is 12.3. The highest BCUT2D eigenvalue weighted by Gasteiger charge is 2.23. The van der Waals surface area contributed by atoms with E-state index in [1.807, 2.05) is 25.1 Å². The van der Waals surface area contributed by atoms with Gasteiger partial charge in [0.25, 0.3) is 0 Å². The molecule has 2 N–H and O–H groups in total. The van der Waals surface area contributed by atoms with E-state index in [1.165, 1.54) is 5.56 Å². The van der Waals surface area contributed by atoms with Crippen LogP contribution >= 0.6 is 0 Å². The predicted octanol–water partition coefficient (Wildman–Crippen LogP) is 0.400. The molecule has 17 heavy (non-hydrogen) atoms. The van der Waals surface area contributed by atoms with Gasteiger partial charge in [-0.3, -0.25) is 9.59 Å². The Bertz CT molecular complexity index is 443. The largest absolute Gasteiger partial charge is 0.354 e. The highest BCUT2D eigenvalue weighted by molar-refractivity contribution is 5.88. The quantitative estimate of drug-likeness (QED) is 0.775. The fraction of sp³-hybridized carbons (Fsp3) is 0.385. The Morgan fingerprint density at radius 2 is 2.12 bits per heavy atom. The van der Waals surface area contributed by atoms with E-state index in [9.17, 15) is 9.59 Å². The van der Waals surface area contributed by atoms with Crippen LogP contribution in [0.5, 0.6) is 0 Å². The van der Waals surface area contributed by atoms with Crippen LogP contribution in [-0.4, -0.2) is 24.9 Å². The Labute approximate surface area is 100 Å². The molecule has 1 aliphatic rings. The first-order chi connectivity index (χ1) is 8.15. The van der Waals surface area contributed by atoms with E-state index in [0.29, 0.717) is 13.0 Å². The van der Waals surface area contributed by atoms with Crippen LogP contribution in [-0.2, 0) is 16.0 Å². The lowest BCUT2D eigenvalue weighted by Gasteiger charge is -2.13. The summed E-state index contributed by atoms with van der Waals surface area (Å²) in [7, 11) is 0. The molecule has 0 radical (unpaired) electrons. The zero-order valence-electron chi connectivity index (χ0n) is 9.82. The molecule has 1 aliphatic heterocycles. The van der Waals surface area contributed by atoms with E-state index in [1.54, 1.807) is 0 Å². The van der Waals surface area contributed by atoms with Crippen molar-refractivity contribution in [2.24, 2.45) is 5.92 Å². The maximum atomic E-state index is 11.7. The Hall–Kier alpha value is -1.84. The minimum absolute atomic E-state index is 0.0511. The third-order valence-electron chi connectivity index (χ3n) is 2.90. The van der Waals surface area contributed by atoms with E-state index < -0.39 is 0 Å². The van der Waals surface area contributed by atoms with Crippen molar-refractivity contribution < 1.29 is 9.59 Å². The van der Waals surface area contributed by atoms with Crippen LogP contribution in [0, 0.1) is 12.8 Å². The molecule has 2 rings (SSSR count). The van der Waals surface area contributed by atoms with E-state index >= 15 is 0 Å². The predicted molar refractivity (Wildman–Crippen MR) is 64.4 cm³/mol. The third kappa shape index (κ3) is 3.06. The minimum Gasteiger partial charge on any atom is -0.354 e. The number of carbonyl (C=O) groups is 2. The van der Waals surface area contributed by atoms with Gasteiger partial charge >= 0.3 is 0 Å². The molecule has 1 aromatic rings. The number of nitrogens with one attached hydrogen (secondary N) is 2. The van der Waals surface area contributed by atoms with Crippen molar-refractivity contribution in [1.82, 2.24) is 10.6 Å². The number of benzene rings is 1. The monoisotopic (exact) mass is 232 g/mol. The van der Waals surface area contributed by atoms with Crippen molar-refractivity contribution in [2.45, 2.75) is 13.3 Å². The molecule has 0 unspecified atom stereocenters. The summed E-state index contributed by atoms with van der Waals surface area (Å²) in [6.07, 6.45) is 0.661. The van der Waals surface area contributed by atoms with Gasteiger partial charge in [-0.25, -0.2) is 0 Å². The molecule has 2 amide bonds. The van der Waals surface area contributed by atoms with Crippen LogP contribution in [0.4, 0.5) is 0 Å². The normalized spacial score (nSPS) is 20.4. The fourth-order valence-electron chi connectivity index (χ4n) is 1.99. The van der Waals surface area contributed by atoms with E-state index in [-0.39, 0.29) is 24.3 Å². The Balaban J connectivity index is 2.07. The molecule has 4 nitrogen and oxygen atoms in total. The summed E-state index contributed by atoms with van der Waals surface area (Å²) in [6, 6.07) is 8.09. The smallest absolute Gasteiger partial charge is 0.239 e. The lowest BCUT2D eigenvalue weighted by molar-refractivity contribution is -0.125. The fourth-order valence-corrected chi connectivity index (χ4v) is 1.99. The van der Waals surface area contributed by atoms with Gasteiger partial charge in [-0.05, 0) is 18.9 Å². The highest BCUT2D eigenvalue weighted by atomic mass is 16.2. The summed E-state index contributed by atoms with van der Waals surface area (Å²) in [4.78, 5) is 22.9. The molecular weight excluding hydrogens is 216 g/mol. The van der Waals surface area contributed by atoms with Crippen LogP contribution < -0.4 is 10.6 Å². The summed E-state index contributed by atoms with van der Waals surface area (Å²) in [5, 5.41) is 5.37. The summed E-state index contributed by atoms with van der Waals surface area (Å²) in [5.74, 6) is -0.349. The molecule has 1 heterocycles. The van der Waals surface area contributed by atoms with Gasteiger partial charge < -0.3 is 10.6 Å². The highest BCUT2D eigenvalue weighted by Crippen LogP contribution is 2.11. The minimum atomic E-state index is -0.178. The third-order valence-corrected chi connectivity index (χ3v) is 2.90. The molecule has 0 saturated carbocycles. The van der Waals surface area contributed by atoms with Gasteiger partial charge in [-0.2, -0.15) is 0 Å². The number of hydrogen-bond acceptors (Lipinski definition) is 2. The second-order valence-electron chi connectivity index (χ2n) is 4.41. The van der Waals surface area contributed by atoms with Gasteiger partial charge in [0.15, 0.2) is 0 Å². The number of rotatable bonds is 2. The molecule has 90 valence electrons. The Morgan fingerprint density at radius 1 is 1.29 bits per heavy atom. The molecule has 1 fully saturated rings. The van der Waals surface area contributed by atoms with E-state index in [0.717, 1.165) is 5.56 Å². The summed E-state index contributed by atoms with van der Waals surface area (Å²) < 4.78 is 0. The lowest BCUT2D eigenvalue weighted by Crippen LogP contribution is -2.32. The molecule has 0 aromatic heterocycles. The standard InChI is InChI=1S/C13H16N2O2/c1-9-3-2-4-10(5-9)6-11-7-14-12(16)8-15-13(11)17/h2-5,11H,6-8H2,1H3,(H,14,16)(H,15,17)/t11-/m1/s1. The van der Waals surface area contributed by atoms with Crippen LogP contribution in [0.2, 0.25) is 0 Å². The number of hydrogen-bond donors (Lipinski definition) is 2. The number of carbonyl (C=O) groups excluding carboxylic acids is 2. The first-order valence-electron chi connectivity index (χ1n) is 5.75. The molecular formula is C13H16N2O2. The molecule has 0 spiro atoms. The Morgan fingerprint density at radius 3 is 2.88 bits per heavy atom. The molecule has 1 atom stereocenters. The molecule has 1 saturated heterocycles. The van der Waals surface area contributed by atoms with Gasteiger partial charge in [0.1, 0.15) is 0 Å². The molecule has 0 bridgehead atoms. The van der Waals surface area contributed by atoms with Crippen LogP contribution in [0.3, 0.4) is 0 Å². The van der Waals surface area contributed by atoms with Gasteiger partial charge in [0.05, 0.1) is 12.5 Å². The maximum absolute atomic E-state index is 11.7. The SMILES string of the molecule is Cc1cccc(C[C@@H]2CNC(=O)CNC2=O)c1. The topological polar surface area (TPSA) is 58.2 Å². The number of aryl methyl sites for hydroxylation is 1. The lowest BCUT2D eigenvalue weighted by atomic mass is 9.97. The summed E-state index contributed by atoms with van der Waals surface area (Å²) in [6.45, 7) is 2.53. The van der Waals surface area contributed by atoms with Crippen LogP contribution in [0.1, 0.15) is 11.1 Å². The number of amides is 2. The average Bonchev–Trinajstić information content (AvgIpc) is 2.45. The van der Waals surface area contributed by atoms with Crippen LogP contribution in [0.15, 0.2) is 24.3 Å². The first kappa shape index (κ1) is 11.6. The van der Waals surface area contributed by atoms with Crippen molar-refractivity contribution in [3.8, 4) is 0 Å². The zero-order valence-corrected chi connectivity index (χ0v) is 9.82. The van der Waals surface area contributed by atoms with Gasteiger partial charge in [-0.1, -0.05) is 29.8 Å². The van der Waals surface area contributed by atoms with Crippen LogP contribution in [0.25, 0.3) is 0 Å². The van der Waals surface area contributed by atoms with Crippen molar-refractivity contribution in [2.75, 3.05) is 13.1 Å². The van der Waals surface area contributed by atoms with E-state index in [2.05, 4.69) is 16.7 Å².